The summed E-state index contributed by atoms with van der Waals surface area (Å²) in [7, 11) is -7.19. The third-order valence-corrected chi connectivity index (χ3v) is 21.4. The summed E-state index contributed by atoms with van der Waals surface area (Å²) < 4.78 is 45.6. The van der Waals surface area contributed by atoms with Crippen molar-refractivity contribution >= 4 is 51.9 Å². The third-order valence-electron chi connectivity index (χ3n) is 14.2. The second-order valence-electron chi connectivity index (χ2n) is 19.8. The van der Waals surface area contributed by atoms with Gasteiger partial charge in [-0.25, -0.2) is 13.1 Å². The first-order valence-corrected chi connectivity index (χ1v) is 27.5. The Morgan fingerprint density at radius 1 is 1.03 bits per heavy atom. The summed E-state index contributed by atoms with van der Waals surface area (Å²) in [5, 5.41) is 13.0. The van der Waals surface area contributed by atoms with Gasteiger partial charge in [0.2, 0.25) is 10.0 Å². The van der Waals surface area contributed by atoms with Crippen molar-refractivity contribution in [2.24, 2.45) is 11.8 Å². The van der Waals surface area contributed by atoms with E-state index in [9.17, 15) is 18.3 Å². The number of benzene rings is 4. The second kappa shape index (κ2) is 20.8. The predicted molar refractivity (Wildman–Crippen MR) is 269 cm³/mol. The molecular formula is C54H69ClN2O6SSi. The van der Waals surface area contributed by atoms with Crippen LogP contribution in [0.5, 0.6) is 5.75 Å². The van der Waals surface area contributed by atoms with Gasteiger partial charge in [-0.15, -0.1) is 6.58 Å². The van der Waals surface area contributed by atoms with Crippen LogP contribution in [-0.2, 0) is 26.3 Å². The van der Waals surface area contributed by atoms with Crippen LogP contribution in [0, 0.1) is 11.8 Å². The van der Waals surface area contributed by atoms with Crippen molar-refractivity contribution in [2.75, 3.05) is 24.6 Å². The zero-order valence-corrected chi connectivity index (χ0v) is 41.6. The van der Waals surface area contributed by atoms with Gasteiger partial charge in [0.1, 0.15) is 5.75 Å². The van der Waals surface area contributed by atoms with Crippen LogP contribution in [0.25, 0.3) is 0 Å². The number of hydrogen-bond acceptors (Lipinski definition) is 7. The number of hydrogen-bond donors (Lipinski definition) is 2. The highest BCUT2D eigenvalue weighted by atomic mass is 35.5. The molecule has 1 aliphatic heterocycles. The minimum Gasteiger partial charge on any atom is -0.490 e. The molecule has 0 bridgehead atoms. The van der Waals surface area contributed by atoms with Crippen LogP contribution in [0.15, 0.2) is 122 Å². The number of ether oxygens (including phenoxy) is 1. The summed E-state index contributed by atoms with van der Waals surface area (Å²) in [4.78, 5) is 16.7. The predicted octanol–water partition coefficient (Wildman–Crippen LogP) is 10.3. The molecular weight excluding hydrogens is 868 g/mol. The van der Waals surface area contributed by atoms with Gasteiger partial charge in [-0.3, -0.25) is 4.79 Å². The molecule has 1 saturated carbocycles. The van der Waals surface area contributed by atoms with Gasteiger partial charge in [0.15, 0.2) is 0 Å². The lowest BCUT2D eigenvalue weighted by atomic mass is 9.68. The molecule has 0 radical (unpaired) electrons. The smallest absolute Gasteiger partial charge is 0.264 e. The highest BCUT2D eigenvalue weighted by Crippen LogP contribution is 2.47. The summed E-state index contributed by atoms with van der Waals surface area (Å²) >= 11 is 6.51. The molecule has 1 amide bonds. The van der Waals surface area contributed by atoms with Crippen molar-refractivity contribution in [3.8, 4) is 5.75 Å². The van der Waals surface area contributed by atoms with Crippen molar-refractivity contribution in [1.82, 2.24) is 4.72 Å². The summed E-state index contributed by atoms with van der Waals surface area (Å²) in [6, 6.07) is 32.1. The number of fused-ring (bicyclic) bond motifs is 3. The molecule has 0 saturated heterocycles. The average molecular weight is 938 g/mol. The van der Waals surface area contributed by atoms with Gasteiger partial charge in [0.25, 0.3) is 14.2 Å². The molecule has 11 heteroatoms. The monoisotopic (exact) mass is 936 g/mol. The van der Waals surface area contributed by atoms with Crippen LogP contribution in [0.1, 0.15) is 114 Å². The molecule has 0 aromatic heterocycles. The van der Waals surface area contributed by atoms with E-state index >= 15 is 0 Å². The number of allylic oxidation sites excluding steroid dienone is 2. The van der Waals surface area contributed by atoms with Crippen LogP contribution in [0.4, 0.5) is 5.69 Å². The molecule has 1 heterocycles. The minimum absolute atomic E-state index is 0.122. The molecule has 1 fully saturated rings. The molecule has 3 aliphatic rings. The minimum atomic E-state index is -4.20. The van der Waals surface area contributed by atoms with Gasteiger partial charge in [-0.1, -0.05) is 131 Å². The number of nitrogens with zero attached hydrogens (tertiary/aromatic N) is 1. The molecule has 6 atom stereocenters. The van der Waals surface area contributed by atoms with Crippen LogP contribution in [0.3, 0.4) is 0 Å². The molecule has 1 unspecified atom stereocenters. The number of sulfonamides is 1. The number of carbonyl (C=O) groups is 1. The lowest BCUT2D eigenvalue weighted by molar-refractivity contribution is 0.0456. The van der Waals surface area contributed by atoms with E-state index < -0.39 is 41.7 Å². The van der Waals surface area contributed by atoms with Crippen molar-refractivity contribution in [2.45, 2.75) is 127 Å². The molecule has 2 aliphatic carbocycles. The Balaban J connectivity index is 1.17. The van der Waals surface area contributed by atoms with Crippen LogP contribution in [-0.4, -0.2) is 64.9 Å². The molecule has 65 heavy (non-hydrogen) atoms. The van der Waals surface area contributed by atoms with Gasteiger partial charge in [-0.05, 0) is 133 Å². The Hall–Kier alpha value is -4.19. The lowest BCUT2D eigenvalue weighted by Crippen LogP contribution is -2.67. The van der Waals surface area contributed by atoms with Crippen molar-refractivity contribution < 1.29 is 27.5 Å². The van der Waals surface area contributed by atoms with Gasteiger partial charge >= 0.3 is 0 Å². The second-order valence-corrected chi connectivity index (χ2v) is 26.4. The average Bonchev–Trinajstić information content (AvgIpc) is 3.42. The van der Waals surface area contributed by atoms with E-state index in [1.807, 2.05) is 61.5 Å². The number of aliphatic hydroxyl groups excluding tert-OH is 1. The Morgan fingerprint density at radius 3 is 2.37 bits per heavy atom. The maximum Gasteiger partial charge on any atom is 0.264 e. The molecule has 1 spiro atoms. The highest BCUT2D eigenvalue weighted by molar-refractivity contribution is 7.90. The number of anilines is 1. The number of aryl methyl sites for hydroxylation is 1. The van der Waals surface area contributed by atoms with E-state index in [1.165, 1.54) is 11.1 Å². The Kier molecular flexibility index (Phi) is 15.6. The number of aliphatic hydroxyl groups is 1. The zero-order chi connectivity index (χ0) is 46.4. The number of rotatable bonds is 18. The first kappa shape index (κ1) is 48.7. The molecule has 4 aromatic carbocycles. The number of amides is 1. The zero-order valence-electron chi connectivity index (χ0n) is 39.0. The van der Waals surface area contributed by atoms with E-state index in [2.05, 4.69) is 86.4 Å². The first-order valence-electron chi connectivity index (χ1n) is 23.7. The van der Waals surface area contributed by atoms with Gasteiger partial charge in [0.05, 0.1) is 23.6 Å². The van der Waals surface area contributed by atoms with E-state index in [0.29, 0.717) is 31.9 Å². The van der Waals surface area contributed by atoms with Crippen molar-refractivity contribution in [3.63, 3.8) is 0 Å². The standard InChI is InChI=1S/C54H69ClN2O6SSi/c1-7-9-13-25-50(58)47-29-26-42(47)36-57-37-54(32-18-19-40-34-43(55)28-30-48(40)54)38-62-51-31-27-41(35-49(51)57)52(59)56-64(60,61)44(20-10-8-2)33-39(3)63-65(53(4,5)6,45-21-14-11-15-22-45)46-23-16-12-17-24-46/h8,11-17,21-25,27-28,30-31,34-35,39,42,44,47,50,58H,2,7,9-10,18-20,26,29,32-33,36-38H2,1,3-6H3,(H,56,59)/b25-13+/t39-,42-,44-,47+,50-,54?/m0/s1. The molecule has 2 N–H and O–H groups in total. The summed E-state index contributed by atoms with van der Waals surface area (Å²) in [5.41, 5.74) is 3.14. The molecule has 348 valence electrons. The maximum atomic E-state index is 14.5. The molecule has 4 aromatic rings. The van der Waals surface area contributed by atoms with Crippen molar-refractivity contribution in [1.29, 1.82) is 0 Å². The summed E-state index contributed by atoms with van der Waals surface area (Å²) in [5.74, 6) is 0.312. The van der Waals surface area contributed by atoms with E-state index in [4.69, 9.17) is 20.8 Å². The van der Waals surface area contributed by atoms with Gasteiger partial charge < -0.3 is 19.2 Å². The number of unbranched alkanes of at least 4 members (excludes halogenated alkanes) is 1. The van der Waals surface area contributed by atoms with E-state index in [-0.39, 0.29) is 40.7 Å². The maximum absolute atomic E-state index is 14.5. The molecule has 8 nitrogen and oxygen atoms in total. The Morgan fingerprint density at radius 2 is 1.74 bits per heavy atom. The molecule has 7 rings (SSSR count). The normalized spacial score (nSPS) is 21.3. The van der Waals surface area contributed by atoms with Crippen LogP contribution >= 0.6 is 11.6 Å². The number of halogens is 1. The Bertz CT molecular complexity index is 2370. The topological polar surface area (TPSA) is 105 Å². The van der Waals surface area contributed by atoms with Crippen LogP contribution < -0.4 is 24.7 Å². The quantitative estimate of drug-likeness (QED) is 0.0756. The Labute approximate surface area is 394 Å². The van der Waals surface area contributed by atoms with Gasteiger partial charge in [0, 0.05) is 35.2 Å². The highest BCUT2D eigenvalue weighted by Gasteiger charge is 2.51. The van der Waals surface area contributed by atoms with Crippen LogP contribution in [0.2, 0.25) is 10.1 Å². The SMILES string of the molecule is C=CCC[C@@H](C[C@H](C)O[Si](c1ccccc1)(c1ccccc1)C(C)(C)C)S(=O)(=O)NC(=O)c1ccc2c(c1)N(C[C@@H]1CC[C@H]1[C@@H](O)/C=C/CCC)CC1(CCCc3cc(Cl)ccc31)CO2. The lowest BCUT2D eigenvalue weighted by Gasteiger charge is -2.45. The summed E-state index contributed by atoms with van der Waals surface area (Å²) in [6.45, 7) is 16.4. The summed E-state index contributed by atoms with van der Waals surface area (Å²) in [6.07, 6.45) is 12.4. The van der Waals surface area contributed by atoms with E-state index in [0.717, 1.165) is 66.0 Å². The van der Waals surface area contributed by atoms with E-state index in [1.54, 1.807) is 18.2 Å². The largest absolute Gasteiger partial charge is 0.490 e. The fourth-order valence-electron chi connectivity index (χ4n) is 10.7. The fraction of sp³-hybridized carbons (Fsp3) is 0.463. The third kappa shape index (κ3) is 10.7. The van der Waals surface area contributed by atoms with Crippen molar-refractivity contribution in [3.05, 3.63) is 144 Å². The fourth-order valence-corrected chi connectivity index (χ4v) is 17.2. The number of carbonyl (C=O) groups excluding carboxylic acids is 1. The number of nitrogens with one attached hydrogen (secondary N) is 1. The van der Waals surface area contributed by atoms with Gasteiger partial charge in [-0.2, -0.15) is 0 Å². The first-order chi connectivity index (χ1) is 31.1.